The molecule has 7 nitrogen and oxygen atoms in total. The monoisotopic (exact) mass is 412 g/mol. The van der Waals surface area contributed by atoms with Gasteiger partial charge in [0.2, 0.25) is 11.8 Å². The van der Waals surface area contributed by atoms with E-state index in [2.05, 4.69) is 29.4 Å². The smallest absolute Gasteiger partial charge is 0.242 e. The van der Waals surface area contributed by atoms with Crippen molar-refractivity contribution in [2.75, 3.05) is 13.1 Å². The van der Waals surface area contributed by atoms with Crippen LogP contribution in [0.4, 0.5) is 0 Å². The van der Waals surface area contributed by atoms with Gasteiger partial charge in [-0.3, -0.25) is 14.4 Å². The van der Waals surface area contributed by atoms with Crippen LogP contribution in [0.5, 0.6) is 0 Å². The van der Waals surface area contributed by atoms with Crippen LogP contribution in [-0.2, 0) is 14.4 Å². The molecule has 1 aromatic heterocycles. The molecule has 1 fully saturated rings. The van der Waals surface area contributed by atoms with Gasteiger partial charge in [-0.25, -0.2) is 0 Å². The van der Waals surface area contributed by atoms with Crippen LogP contribution in [0.25, 0.3) is 5.57 Å². The van der Waals surface area contributed by atoms with Gasteiger partial charge in [0.15, 0.2) is 5.78 Å². The van der Waals surface area contributed by atoms with Gasteiger partial charge in [0.1, 0.15) is 6.04 Å². The lowest BCUT2D eigenvalue weighted by atomic mass is 10.1. The largest absolute Gasteiger partial charge is 0.402 e. The lowest BCUT2D eigenvalue weighted by Gasteiger charge is -2.23. The van der Waals surface area contributed by atoms with E-state index >= 15 is 0 Å². The third kappa shape index (κ3) is 7.06. The fraction of sp³-hybridized carbons (Fsp3) is 0.435. The average Bonchev–Trinajstić information content (AvgIpc) is 3.36. The van der Waals surface area contributed by atoms with Crippen molar-refractivity contribution in [1.82, 2.24) is 15.2 Å². The number of nitrogens with one attached hydrogen (secondary N) is 2. The number of amides is 2. The Morgan fingerprint density at radius 3 is 2.70 bits per heavy atom. The van der Waals surface area contributed by atoms with Gasteiger partial charge in [0.25, 0.3) is 0 Å². The number of allylic oxidation sites excluding steroid dienone is 5. The third-order valence-electron chi connectivity index (χ3n) is 5.08. The molecule has 0 spiro atoms. The number of aromatic nitrogens is 1. The van der Waals surface area contributed by atoms with E-state index in [1.54, 1.807) is 6.92 Å². The number of ketones is 1. The molecule has 2 rings (SSSR count). The van der Waals surface area contributed by atoms with Crippen molar-refractivity contribution < 1.29 is 14.4 Å². The maximum absolute atomic E-state index is 12.6. The molecular formula is C23H32N4O3. The Labute approximate surface area is 178 Å². The Morgan fingerprint density at radius 1 is 1.27 bits per heavy atom. The number of hydrogen-bond acceptors (Lipinski definition) is 4. The Morgan fingerprint density at radius 2 is 2.03 bits per heavy atom. The molecule has 7 heteroatoms. The number of rotatable bonds is 9. The molecule has 1 aliphatic heterocycles. The summed E-state index contributed by atoms with van der Waals surface area (Å²) in [6.07, 6.45) is 11.0. The van der Waals surface area contributed by atoms with Gasteiger partial charge in [0, 0.05) is 37.3 Å². The van der Waals surface area contributed by atoms with Crippen LogP contribution in [0, 0.1) is 0 Å². The van der Waals surface area contributed by atoms with Crippen molar-refractivity contribution in [3.8, 4) is 0 Å². The van der Waals surface area contributed by atoms with E-state index < -0.39 is 6.04 Å². The van der Waals surface area contributed by atoms with Crippen molar-refractivity contribution >= 4 is 23.2 Å². The van der Waals surface area contributed by atoms with Crippen LogP contribution in [0.15, 0.2) is 48.0 Å². The molecule has 4 N–H and O–H groups in total. The summed E-state index contributed by atoms with van der Waals surface area (Å²) in [4.78, 5) is 41.3. The molecule has 162 valence electrons. The quantitative estimate of drug-likeness (QED) is 0.329. The second kappa shape index (κ2) is 11.2. The molecule has 2 amide bonds. The average molecular weight is 413 g/mol. The number of aromatic amines is 1. The SMILES string of the molecule is CC(N)=CC(=O)CC(=O)N1CCC[C@H]1C(=O)NCC/C(C)=C/C=C(\C)c1cc[nH]c1. The summed E-state index contributed by atoms with van der Waals surface area (Å²) >= 11 is 0. The van der Waals surface area contributed by atoms with E-state index in [9.17, 15) is 14.4 Å². The highest BCUT2D eigenvalue weighted by Crippen LogP contribution is 2.19. The van der Waals surface area contributed by atoms with Crippen LogP contribution in [0.3, 0.4) is 0 Å². The molecule has 0 radical (unpaired) electrons. The van der Waals surface area contributed by atoms with Crippen LogP contribution < -0.4 is 11.1 Å². The first-order valence-electron chi connectivity index (χ1n) is 10.3. The second-order valence-electron chi connectivity index (χ2n) is 7.78. The standard InChI is InChI=1S/C23H32N4O3/c1-16(6-7-17(2)19-9-10-25-15-19)8-11-26-23(30)21-5-4-12-27(21)22(29)14-20(28)13-18(3)24/h6-7,9-10,13,15,21,25H,4-5,8,11-12,14,24H2,1-3H3,(H,26,30)/b16-6+,17-7+,18-13?/t21-/m0/s1. The molecule has 1 aliphatic rings. The summed E-state index contributed by atoms with van der Waals surface area (Å²) in [5.41, 5.74) is 9.31. The fourth-order valence-electron chi connectivity index (χ4n) is 3.41. The van der Waals surface area contributed by atoms with E-state index in [0.717, 1.165) is 29.6 Å². The first kappa shape index (κ1) is 23.2. The van der Waals surface area contributed by atoms with Gasteiger partial charge in [0.05, 0.1) is 6.42 Å². The molecule has 1 atom stereocenters. The van der Waals surface area contributed by atoms with Crippen LogP contribution in [-0.4, -0.2) is 46.6 Å². The number of hydrogen-bond donors (Lipinski definition) is 3. The van der Waals surface area contributed by atoms with E-state index in [4.69, 9.17) is 5.73 Å². The highest BCUT2D eigenvalue weighted by molar-refractivity contribution is 6.05. The summed E-state index contributed by atoms with van der Waals surface area (Å²) in [6, 6.07) is 1.51. The minimum atomic E-state index is -0.506. The van der Waals surface area contributed by atoms with Crippen molar-refractivity contribution in [3.05, 3.63) is 53.5 Å². The normalized spacial score (nSPS) is 17.9. The molecule has 30 heavy (non-hydrogen) atoms. The zero-order valence-corrected chi connectivity index (χ0v) is 18.0. The predicted octanol–water partition coefficient (Wildman–Crippen LogP) is 2.68. The Kier molecular flexibility index (Phi) is 8.65. The van der Waals surface area contributed by atoms with Crippen molar-refractivity contribution in [1.29, 1.82) is 0 Å². The van der Waals surface area contributed by atoms with Crippen molar-refractivity contribution in [2.24, 2.45) is 5.73 Å². The molecule has 0 aliphatic carbocycles. The number of nitrogens with two attached hydrogens (primary N) is 1. The summed E-state index contributed by atoms with van der Waals surface area (Å²) in [6.45, 7) is 6.68. The van der Waals surface area contributed by atoms with Crippen LogP contribution in [0.2, 0.25) is 0 Å². The van der Waals surface area contributed by atoms with Gasteiger partial charge in [-0.2, -0.15) is 0 Å². The third-order valence-corrected chi connectivity index (χ3v) is 5.08. The van der Waals surface area contributed by atoms with Crippen molar-refractivity contribution in [3.63, 3.8) is 0 Å². The molecule has 0 saturated carbocycles. The zero-order valence-electron chi connectivity index (χ0n) is 18.0. The van der Waals surface area contributed by atoms with Gasteiger partial charge in [-0.1, -0.05) is 17.7 Å². The minimum Gasteiger partial charge on any atom is -0.402 e. The summed E-state index contributed by atoms with van der Waals surface area (Å²) < 4.78 is 0. The Hall–Kier alpha value is -3.09. The number of carbonyl (C=O) groups is 3. The number of nitrogens with zero attached hydrogens (tertiary/aromatic N) is 1. The van der Waals surface area contributed by atoms with E-state index in [0.29, 0.717) is 25.2 Å². The number of carbonyl (C=O) groups excluding carboxylic acids is 3. The summed E-state index contributed by atoms with van der Waals surface area (Å²) in [5.74, 6) is -0.822. The summed E-state index contributed by atoms with van der Waals surface area (Å²) in [5, 5.41) is 2.92. The number of likely N-dealkylation sites (tertiary alicyclic amines) is 1. The summed E-state index contributed by atoms with van der Waals surface area (Å²) in [7, 11) is 0. The van der Waals surface area contributed by atoms with E-state index in [1.807, 2.05) is 25.4 Å². The maximum atomic E-state index is 12.6. The molecule has 0 aromatic carbocycles. The first-order valence-corrected chi connectivity index (χ1v) is 10.3. The fourth-order valence-corrected chi connectivity index (χ4v) is 3.41. The zero-order chi connectivity index (χ0) is 22.1. The highest BCUT2D eigenvalue weighted by atomic mass is 16.2. The molecule has 1 aromatic rings. The predicted molar refractivity (Wildman–Crippen MR) is 118 cm³/mol. The second-order valence-corrected chi connectivity index (χ2v) is 7.78. The van der Waals surface area contributed by atoms with Crippen molar-refractivity contribution in [2.45, 2.75) is 52.5 Å². The number of H-pyrrole nitrogens is 1. The van der Waals surface area contributed by atoms with Gasteiger partial charge >= 0.3 is 0 Å². The Bertz CT molecular complexity index is 846. The lowest BCUT2D eigenvalue weighted by Crippen LogP contribution is -2.46. The van der Waals surface area contributed by atoms with Gasteiger partial charge in [-0.05, 0) is 57.2 Å². The minimum absolute atomic E-state index is 0.161. The molecule has 2 heterocycles. The van der Waals surface area contributed by atoms with Crippen LogP contribution in [0.1, 0.15) is 52.0 Å². The highest BCUT2D eigenvalue weighted by Gasteiger charge is 2.34. The van der Waals surface area contributed by atoms with E-state index in [1.165, 1.54) is 11.0 Å². The lowest BCUT2D eigenvalue weighted by molar-refractivity contribution is -0.140. The topological polar surface area (TPSA) is 108 Å². The maximum Gasteiger partial charge on any atom is 0.242 e. The molecule has 0 bridgehead atoms. The molecule has 1 saturated heterocycles. The Balaban J connectivity index is 1.82. The molecule has 0 unspecified atom stereocenters. The van der Waals surface area contributed by atoms with Gasteiger partial charge < -0.3 is 20.9 Å². The first-order chi connectivity index (χ1) is 14.3. The molecular weight excluding hydrogens is 380 g/mol. The van der Waals surface area contributed by atoms with Gasteiger partial charge in [-0.15, -0.1) is 0 Å². The van der Waals surface area contributed by atoms with E-state index in [-0.39, 0.29) is 24.0 Å². The van der Waals surface area contributed by atoms with Crippen LogP contribution >= 0.6 is 0 Å².